The highest BCUT2D eigenvalue weighted by atomic mass is 35.5. The van der Waals surface area contributed by atoms with Crippen molar-refractivity contribution in [3.63, 3.8) is 0 Å². The lowest BCUT2D eigenvalue weighted by atomic mass is 10.0. The van der Waals surface area contributed by atoms with Gasteiger partial charge in [0.05, 0.1) is 17.9 Å². The molecule has 0 fully saturated rings. The molecule has 21 heavy (non-hydrogen) atoms. The molecule has 5 heteroatoms. The molecule has 0 radical (unpaired) electrons. The van der Waals surface area contributed by atoms with Gasteiger partial charge >= 0.3 is 5.97 Å². The van der Waals surface area contributed by atoms with Gasteiger partial charge in [0, 0.05) is 16.8 Å². The summed E-state index contributed by atoms with van der Waals surface area (Å²) in [4.78, 5) is 20.7. The van der Waals surface area contributed by atoms with Crippen molar-refractivity contribution in [1.82, 2.24) is 9.97 Å². The molecule has 0 atom stereocenters. The van der Waals surface area contributed by atoms with Gasteiger partial charge in [-0.15, -0.1) is 0 Å². The van der Waals surface area contributed by atoms with Crippen molar-refractivity contribution >= 4 is 17.6 Å². The number of esters is 1. The Hall–Kier alpha value is -1.94. The predicted molar refractivity (Wildman–Crippen MR) is 82.5 cm³/mol. The number of ether oxygens (including phenoxy) is 1. The third kappa shape index (κ3) is 3.58. The Balaban J connectivity index is 2.45. The summed E-state index contributed by atoms with van der Waals surface area (Å²) in [5, 5.41) is 0.658. The Labute approximate surface area is 129 Å². The zero-order valence-electron chi connectivity index (χ0n) is 12.3. The second kappa shape index (κ2) is 6.68. The first kappa shape index (κ1) is 15.4. The Morgan fingerprint density at radius 3 is 2.52 bits per heavy atom. The SMILES string of the molecule is CCOC(=O)c1cnc(-c2ccc(Cl)cc2)nc1C(C)C. The Kier molecular flexibility index (Phi) is 4.91. The Bertz CT molecular complexity index is 639. The zero-order chi connectivity index (χ0) is 15.4. The molecule has 1 heterocycles. The minimum atomic E-state index is -0.385. The predicted octanol–water partition coefficient (Wildman–Crippen LogP) is 4.10. The molecule has 0 bridgehead atoms. The Morgan fingerprint density at radius 1 is 1.29 bits per heavy atom. The summed E-state index contributed by atoms with van der Waals surface area (Å²) in [6.45, 7) is 6.07. The second-order valence-electron chi connectivity index (χ2n) is 4.87. The fraction of sp³-hybridized carbons (Fsp3) is 0.312. The molecule has 0 unspecified atom stereocenters. The van der Waals surface area contributed by atoms with E-state index in [0.717, 1.165) is 5.56 Å². The summed E-state index contributed by atoms with van der Waals surface area (Å²) >= 11 is 5.88. The van der Waals surface area contributed by atoms with E-state index in [2.05, 4.69) is 9.97 Å². The van der Waals surface area contributed by atoms with Gasteiger partial charge in [-0.3, -0.25) is 0 Å². The average Bonchev–Trinajstić information content (AvgIpc) is 2.47. The van der Waals surface area contributed by atoms with Gasteiger partial charge < -0.3 is 4.74 Å². The smallest absolute Gasteiger partial charge is 0.341 e. The molecule has 0 saturated carbocycles. The van der Waals surface area contributed by atoms with Crippen LogP contribution in [-0.4, -0.2) is 22.5 Å². The number of hydrogen-bond donors (Lipinski definition) is 0. The molecule has 2 rings (SSSR count). The molecule has 4 nitrogen and oxygen atoms in total. The van der Waals surface area contributed by atoms with E-state index in [1.807, 2.05) is 26.0 Å². The highest BCUT2D eigenvalue weighted by Crippen LogP contribution is 2.23. The number of aromatic nitrogens is 2. The van der Waals surface area contributed by atoms with Gasteiger partial charge in [-0.1, -0.05) is 25.4 Å². The van der Waals surface area contributed by atoms with Crippen LogP contribution in [0.2, 0.25) is 5.02 Å². The monoisotopic (exact) mass is 304 g/mol. The van der Waals surface area contributed by atoms with E-state index in [4.69, 9.17) is 16.3 Å². The summed E-state index contributed by atoms with van der Waals surface area (Å²) in [5.41, 5.74) is 1.97. The number of hydrogen-bond acceptors (Lipinski definition) is 4. The quantitative estimate of drug-likeness (QED) is 0.798. The van der Waals surface area contributed by atoms with Gasteiger partial charge in [0.15, 0.2) is 5.82 Å². The lowest BCUT2D eigenvalue weighted by molar-refractivity contribution is 0.0523. The van der Waals surface area contributed by atoms with Crippen molar-refractivity contribution in [1.29, 1.82) is 0 Å². The maximum absolute atomic E-state index is 11.9. The number of carbonyl (C=O) groups is 1. The molecule has 0 spiro atoms. The van der Waals surface area contributed by atoms with E-state index in [9.17, 15) is 4.79 Å². The molecule has 0 saturated heterocycles. The summed E-state index contributed by atoms with van der Waals surface area (Å²) in [5.74, 6) is 0.283. The van der Waals surface area contributed by atoms with Crippen molar-refractivity contribution in [3.8, 4) is 11.4 Å². The second-order valence-corrected chi connectivity index (χ2v) is 5.31. The standard InChI is InChI=1S/C16H17ClN2O2/c1-4-21-16(20)13-9-18-15(19-14(13)10(2)3)11-5-7-12(17)8-6-11/h5-10H,4H2,1-3H3. The lowest BCUT2D eigenvalue weighted by Crippen LogP contribution is -2.12. The zero-order valence-corrected chi connectivity index (χ0v) is 13.0. The largest absolute Gasteiger partial charge is 0.462 e. The van der Waals surface area contributed by atoms with Crippen LogP contribution in [-0.2, 0) is 4.74 Å². The van der Waals surface area contributed by atoms with Crippen molar-refractivity contribution in [2.75, 3.05) is 6.61 Å². The van der Waals surface area contributed by atoms with E-state index < -0.39 is 0 Å². The molecule has 1 aromatic carbocycles. The minimum absolute atomic E-state index is 0.0958. The van der Waals surface area contributed by atoms with Crippen LogP contribution >= 0.6 is 11.6 Å². The van der Waals surface area contributed by atoms with E-state index in [1.165, 1.54) is 6.20 Å². The van der Waals surface area contributed by atoms with Gasteiger partial charge in [0.25, 0.3) is 0 Å². The molecular weight excluding hydrogens is 288 g/mol. The van der Waals surface area contributed by atoms with Gasteiger partial charge in [0.2, 0.25) is 0 Å². The molecule has 0 aliphatic rings. The van der Waals surface area contributed by atoms with Gasteiger partial charge in [-0.2, -0.15) is 0 Å². The molecule has 1 aromatic heterocycles. The van der Waals surface area contributed by atoms with Crippen molar-refractivity contribution in [2.45, 2.75) is 26.7 Å². The maximum atomic E-state index is 11.9. The van der Waals surface area contributed by atoms with Crippen LogP contribution < -0.4 is 0 Å². The number of carbonyl (C=O) groups excluding carboxylic acids is 1. The van der Waals surface area contributed by atoms with Gasteiger partial charge in [-0.05, 0) is 37.1 Å². The average molecular weight is 305 g/mol. The van der Waals surface area contributed by atoms with Gasteiger partial charge in [-0.25, -0.2) is 14.8 Å². The Morgan fingerprint density at radius 2 is 1.95 bits per heavy atom. The molecule has 2 aromatic rings. The van der Waals surface area contributed by atoms with Crippen LogP contribution in [0.15, 0.2) is 30.5 Å². The van der Waals surface area contributed by atoms with E-state index in [-0.39, 0.29) is 11.9 Å². The van der Waals surface area contributed by atoms with Crippen molar-refractivity contribution < 1.29 is 9.53 Å². The number of benzene rings is 1. The van der Waals surface area contributed by atoms with Gasteiger partial charge in [0.1, 0.15) is 0 Å². The molecular formula is C16H17ClN2O2. The highest BCUT2D eigenvalue weighted by Gasteiger charge is 2.18. The highest BCUT2D eigenvalue weighted by molar-refractivity contribution is 6.30. The normalized spacial score (nSPS) is 10.7. The van der Waals surface area contributed by atoms with E-state index in [0.29, 0.717) is 28.7 Å². The van der Waals surface area contributed by atoms with Crippen molar-refractivity contribution in [3.05, 3.63) is 46.7 Å². The number of halogens is 1. The van der Waals surface area contributed by atoms with E-state index in [1.54, 1.807) is 19.1 Å². The lowest BCUT2D eigenvalue weighted by Gasteiger charge is -2.12. The van der Waals surface area contributed by atoms with Crippen LogP contribution in [0.3, 0.4) is 0 Å². The summed E-state index contributed by atoms with van der Waals surface area (Å²) < 4.78 is 5.04. The number of nitrogens with zero attached hydrogens (tertiary/aromatic N) is 2. The third-order valence-electron chi connectivity index (χ3n) is 2.96. The summed E-state index contributed by atoms with van der Waals surface area (Å²) in [6.07, 6.45) is 1.53. The van der Waals surface area contributed by atoms with Crippen molar-refractivity contribution in [2.24, 2.45) is 0 Å². The molecule has 0 aliphatic carbocycles. The molecule has 110 valence electrons. The molecule has 0 aliphatic heterocycles. The van der Waals surface area contributed by atoms with E-state index >= 15 is 0 Å². The molecule has 0 N–H and O–H groups in total. The fourth-order valence-electron chi connectivity index (χ4n) is 1.94. The summed E-state index contributed by atoms with van der Waals surface area (Å²) in [6, 6.07) is 7.28. The van der Waals surface area contributed by atoms with Crippen LogP contribution in [0.25, 0.3) is 11.4 Å². The first-order chi connectivity index (χ1) is 10.0. The fourth-order valence-corrected chi connectivity index (χ4v) is 2.07. The summed E-state index contributed by atoms with van der Waals surface area (Å²) in [7, 11) is 0. The number of rotatable bonds is 4. The van der Waals surface area contributed by atoms with Crippen LogP contribution in [0.5, 0.6) is 0 Å². The minimum Gasteiger partial charge on any atom is -0.462 e. The van der Waals surface area contributed by atoms with Crippen LogP contribution in [0.4, 0.5) is 0 Å². The third-order valence-corrected chi connectivity index (χ3v) is 3.21. The topological polar surface area (TPSA) is 52.1 Å². The van der Waals surface area contributed by atoms with Crippen LogP contribution in [0, 0.1) is 0 Å². The van der Waals surface area contributed by atoms with Crippen LogP contribution in [0.1, 0.15) is 42.7 Å². The maximum Gasteiger partial charge on any atom is 0.341 e. The first-order valence-electron chi connectivity index (χ1n) is 6.83. The first-order valence-corrected chi connectivity index (χ1v) is 7.20. The molecule has 0 amide bonds.